The molecule has 0 saturated heterocycles. The van der Waals surface area contributed by atoms with Crippen molar-refractivity contribution in [3.05, 3.63) is 12.1 Å². The quantitative estimate of drug-likeness (QED) is 0.356. The van der Waals surface area contributed by atoms with Crippen LogP contribution in [-0.4, -0.2) is 20.6 Å². The van der Waals surface area contributed by atoms with E-state index < -0.39 is 17.2 Å². The number of rotatable bonds is 1. The smallest absolute Gasteiger partial charge is 0.248 e. The first-order valence-electron chi connectivity index (χ1n) is 2.71. The summed E-state index contributed by atoms with van der Waals surface area (Å²) in [5.41, 5.74) is 0. The normalized spacial score (nSPS) is 9.55. The molecular formula is C6H6O5. The van der Waals surface area contributed by atoms with Crippen molar-refractivity contribution in [2.45, 2.75) is 0 Å². The van der Waals surface area contributed by atoms with Crippen LogP contribution < -0.4 is 4.89 Å². The molecule has 0 amide bonds. The molecule has 5 nitrogen and oxygen atoms in total. The maximum atomic E-state index is 8.87. The molecular weight excluding hydrogens is 152 g/mol. The molecule has 1 rings (SSSR count). The Labute approximate surface area is 61.7 Å². The Morgan fingerprint density at radius 2 is 1.45 bits per heavy atom. The Morgan fingerprint density at radius 1 is 1.00 bits per heavy atom. The van der Waals surface area contributed by atoms with Crippen LogP contribution in [0.25, 0.3) is 0 Å². The molecule has 0 atom stereocenters. The zero-order valence-corrected chi connectivity index (χ0v) is 5.35. The van der Waals surface area contributed by atoms with Crippen LogP contribution in [0.2, 0.25) is 0 Å². The van der Waals surface area contributed by atoms with E-state index in [-0.39, 0.29) is 5.75 Å². The maximum Gasteiger partial charge on any atom is 0.248 e. The van der Waals surface area contributed by atoms with E-state index in [1.54, 1.807) is 0 Å². The average molecular weight is 158 g/mol. The van der Waals surface area contributed by atoms with Crippen LogP contribution in [0.5, 0.6) is 23.0 Å². The number of aromatic hydroxyl groups is 3. The third-order valence-electron chi connectivity index (χ3n) is 1.13. The second-order valence-electron chi connectivity index (χ2n) is 1.90. The van der Waals surface area contributed by atoms with Crippen LogP contribution >= 0.6 is 0 Å². The fourth-order valence-corrected chi connectivity index (χ4v) is 0.678. The van der Waals surface area contributed by atoms with Crippen molar-refractivity contribution in [2.24, 2.45) is 0 Å². The van der Waals surface area contributed by atoms with Crippen LogP contribution in [0.15, 0.2) is 12.1 Å². The summed E-state index contributed by atoms with van der Waals surface area (Å²) < 4.78 is 0. The average Bonchev–Trinajstić information content (AvgIpc) is 1.85. The SMILES string of the molecule is OOc1c(O)cc(O)cc1O. The molecule has 60 valence electrons. The predicted octanol–water partition coefficient (Wildman–Crippen LogP) is 0.655. The number of phenols is 3. The van der Waals surface area contributed by atoms with Gasteiger partial charge in [-0.15, -0.1) is 0 Å². The fraction of sp³-hybridized carbons (Fsp3) is 0. The molecule has 1 aromatic carbocycles. The molecule has 0 radical (unpaired) electrons. The van der Waals surface area contributed by atoms with Crippen molar-refractivity contribution in [3.8, 4) is 23.0 Å². The highest BCUT2D eigenvalue weighted by molar-refractivity contribution is 5.53. The van der Waals surface area contributed by atoms with Crippen molar-refractivity contribution >= 4 is 0 Å². The van der Waals surface area contributed by atoms with E-state index in [2.05, 4.69) is 4.89 Å². The number of benzene rings is 1. The number of hydrogen-bond donors (Lipinski definition) is 4. The molecule has 0 unspecified atom stereocenters. The van der Waals surface area contributed by atoms with Gasteiger partial charge in [0.15, 0.2) is 11.5 Å². The highest BCUT2D eigenvalue weighted by Gasteiger charge is 2.10. The first-order valence-corrected chi connectivity index (χ1v) is 2.71. The molecule has 0 saturated carbocycles. The lowest BCUT2D eigenvalue weighted by molar-refractivity contribution is -0.140. The van der Waals surface area contributed by atoms with Crippen LogP contribution in [0.4, 0.5) is 0 Å². The summed E-state index contributed by atoms with van der Waals surface area (Å²) in [6.07, 6.45) is 0. The molecule has 1 aromatic rings. The van der Waals surface area contributed by atoms with E-state index >= 15 is 0 Å². The molecule has 0 aromatic heterocycles. The molecule has 11 heavy (non-hydrogen) atoms. The Balaban J connectivity index is 3.25. The van der Waals surface area contributed by atoms with Crippen molar-refractivity contribution in [2.75, 3.05) is 0 Å². The van der Waals surface area contributed by atoms with Crippen molar-refractivity contribution in [3.63, 3.8) is 0 Å². The second-order valence-corrected chi connectivity index (χ2v) is 1.90. The van der Waals surface area contributed by atoms with Crippen LogP contribution in [-0.2, 0) is 0 Å². The molecule has 0 fully saturated rings. The monoisotopic (exact) mass is 158 g/mol. The summed E-state index contributed by atoms with van der Waals surface area (Å²) >= 11 is 0. The van der Waals surface area contributed by atoms with Gasteiger partial charge in [-0.2, -0.15) is 0 Å². The van der Waals surface area contributed by atoms with Crippen LogP contribution in [0.1, 0.15) is 0 Å². The van der Waals surface area contributed by atoms with E-state index in [0.717, 1.165) is 12.1 Å². The molecule has 0 aliphatic heterocycles. The van der Waals surface area contributed by atoms with E-state index in [9.17, 15) is 0 Å². The van der Waals surface area contributed by atoms with E-state index in [1.165, 1.54) is 0 Å². The third kappa shape index (κ3) is 1.27. The first kappa shape index (κ1) is 7.49. The summed E-state index contributed by atoms with van der Waals surface area (Å²) in [6.45, 7) is 0. The maximum absolute atomic E-state index is 8.87. The van der Waals surface area contributed by atoms with Gasteiger partial charge < -0.3 is 20.2 Å². The van der Waals surface area contributed by atoms with Crippen LogP contribution in [0, 0.1) is 0 Å². The number of hydrogen-bond acceptors (Lipinski definition) is 5. The summed E-state index contributed by atoms with van der Waals surface area (Å²) in [5.74, 6) is -1.88. The minimum Gasteiger partial charge on any atom is -0.508 e. The van der Waals surface area contributed by atoms with Gasteiger partial charge in [-0.05, 0) is 0 Å². The van der Waals surface area contributed by atoms with Gasteiger partial charge in [0.2, 0.25) is 5.75 Å². The van der Waals surface area contributed by atoms with Gasteiger partial charge in [-0.1, -0.05) is 0 Å². The minimum atomic E-state index is -0.537. The Hall–Kier alpha value is -1.62. The summed E-state index contributed by atoms with van der Waals surface area (Å²) in [4.78, 5) is 3.62. The molecule has 4 N–H and O–H groups in total. The zero-order valence-electron chi connectivity index (χ0n) is 5.35. The van der Waals surface area contributed by atoms with E-state index in [1.807, 2.05) is 0 Å². The van der Waals surface area contributed by atoms with Crippen molar-refractivity contribution in [1.29, 1.82) is 0 Å². The standard InChI is InChI=1S/C6H6O5/c7-3-1-4(8)6(11-10)5(9)2-3/h1-2,7-10H. The third-order valence-corrected chi connectivity index (χ3v) is 1.13. The molecule has 0 aliphatic rings. The van der Waals surface area contributed by atoms with Gasteiger partial charge in [-0.3, -0.25) is 0 Å². The predicted molar refractivity (Wildman–Crippen MR) is 34.7 cm³/mol. The van der Waals surface area contributed by atoms with Gasteiger partial charge in [-0.25, -0.2) is 5.26 Å². The van der Waals surface area contributed by atoms with Gasteiger partial charge in [0.1, 0.15) is 5.75 Å². The first-order chi connectivity index (χ1) is 5.15. The lowest BCUT2D eigenvalue weighted by Crippen LogP contribution is -1.84. The topological polar surface area (TPSA) is 90.2 Å². The van der Waals surface area contributed by atoms with Crippen molar-refractivity contribution < 1.29 is 25.5 Å². The van der Waals surface area contributed by atoms with Gasteiger partial charge in [0, 0.05) is 12.1 Å². The van der Waals surface area contributed by atoms with E-state index in [0.29, 0.717) is 0 Å². The Bertz CT molecular complexity index is 247. The molecule has 0 spiro atoms. The molecule has 5 heteroatoms. The summed E-state index contributed by atoms with van der Waals surface area (Å²) in [5, 5.41) is 34.6. The summed E-state index contributed by atoms with van der Waals surface area (Å²) in [7, 11) is 0. The van der Waals surface area contributed by atoms with E-state index in [4.69, 9.17) is 20.6 Å². The van der Waals surface area contributed by atoms with Gasteiger partial charge >= 0.3 is 0 Å². The Kier molecular flexibility index (Phi) is 1.74. The molecule has 0 heterocycles. The number of phenolic OH excluding ortho intramolecular Hbond substituents is 3. The fourth-order valence-electron chi connectivity index (χ4n) is 0.678. The van der Waals surface area contributed by atoms with Crippen LogP contribution in [0.3, 0.4) is 0 Å². The minimum absolute atomic E-state index is 0.319. The Morgan fingerprint density at radius 3 is 1.82 bits per heavy atom. The second kappa shape index (κ2) is 2.55. The summed E-state index contributed by atoms with van der Waals surface area (Å²) in [6, 6.07) is 1.84. The lowest BCUT2D eigenvalue weighted by atomic mass is 10.3. The molecule has 0 bridgehead atoms. The van der Waals surface area contributed by atoms with Gasteiger partial charge in [0.05, 0.1) is 0 Å². The largest absolute Gasteiger partial charge is 0.508 e. The lowest BCUT2D eigenvalue weighted by Gasteiger charge is -2.02. The van der Waals surface area contributed by atoms with Gasteiger partial charge in [0.25, 0.3) is 0 Å². The molecule has 0 aliphatic carbocycles. The highest BCUT2D eigenvalue weighted by Crippen LogP contribution is 2.38. The van der Waals surface area contributed by atoms with Crippen molar-refractivity contribution in [1.82, 2.24) is 0 Å². The zero-order chi connectivity index (χ0) is 8.43. The highest BCUT2D eigenvalue weighted by atomic mass is 17.1.